The summed E-state index contributed by atoms with van der Waals surface area (Å²) >= 11 is 2.90. The van der Waals surface area contributed by atoms with Crippen molar-refractivity contribution < 1.29 is 9.53 Å². The molecular formula is C26H31N5O2S2. The van der Waals surface area contributed by atoms with E-state index in [1.165, 1.54) is 22.2 Å². The monoisotopic (exact) mass is 509 g/mol. The minimum atomic E-state index is -0.143. The number of nitrogens with one attached hydrogen (secondary N) is 1. The van der Waals surface area contributed by atoms with Crippen molar-refractivity contribution in [1.82, 2.24) is 14.8 Å². The molecule has 1 N–H and O–H groups in total. The van der Waals surface area contributed by atoms with Crippen LogP contribution in [0, 0.1) is 31.1 Å². The standard InChI is InChI=1S/C26H31N5O2S2/c1-5-18-8-9-19-20(13-27)25(35-22(19)12-18)28-24(32)15-34-26-30-29-23(31(26)6-2)14-33-21-10-7-16(3)11-17(21)4/h7,10-11,18H,5-6,8-9,12,14-15H2,1-4H3,(H,28,32). The zero-order valence-electron chi connectivity index (χ0n) is 20.7. The molecule has 1 aliphatic rings. The van der Waals surface area contributed by atoms with Gasteiger partial charge >= 0.3 is 0 Å². The maximum atomic E-state index is 12.8. The van der Waals surface area contributed by atoms with Crippen molar-refractivity contribution in [3.8, 4) is 11.8 Å². The molecule has 7 nitrogen and oxygen atoms in total. The molecule has 0 fully saturated rings. The van der Waals surface area contributed by atoms with E-state index < -0.39 is 0 Å². The van der Waals surface area contributed by atoms with Gasteiger partial charge in [-0.25, -0.2) is 0 Å². The molecule has 4 rings (SSSR count). The van der Waals surface area contributed by atoms with Crippen LogP contribution in [0.1, 0.15) is 59.6 Å². The number of benzene rings is 1. The highest BCUT2D eigenvalue weighted by Crippen LogP contribution is 2.40. The van der Waals surface area contributed by atoms with Gasteiger partial charge in [-0.05, 0) is 63.1 Å². The Balaban J connectivity index is 1.38. The highest BCUT2D eigenvalue weighted by Gasteiger charge is 2.26. The van der Waals surface area contributed by atoms with Crippen molar-refractivity contribution in [3.63, 3.8) is 0 Å². The molecule has 0 spiro atoms. The maximum absolute atomic E-state index is 12.8. The van der Waals surface area contributed by atoms with Gasteiger partial charge in [0, 0.05) is 11.4 Å². The van der Waals surface area contributed by atoms with E-state index in [1.54, 1.807) is 11.3 Å². The number of aryl methyl sites for hydroxylation is 2. The van der Waals surface area contributed by atoms with Crippen LogP contribution in [0.15, 0.2) is 23.4 Å². The van der Waals surface area contributed by atoms with Gasteiger partial charge in [-0.1, -0.05) is 42.8 Å². The number of hydrogen-bond acceptors (Lipinski definition) is 7. The molecule has 9 heteroatoms. The van der Waals surface area contributed by atoms with E-state index in [4.69, 9.17) is 4.74 Å². The number of hydrogen-bond donors (Lipinski definition) is 1. The van der Waals surface area contributed by atoms with Crippen LogP contribution >= 0.6 is 23.1 Å². The molecule has 1 unspecified atom stereocenters. The highest BCUT2D eigenvalue weighted by atomic mass is 32.2. The summed E-state index contributed by atoms with van der Waals surface area (Å²) in [4.78, 5) is 14.0. The Labute approximate surface area is 214 Å². The van der Waals surface area contributed by atoms with Crippen molar-refractivity contribution >= 4 is 34.0 Å². The van der Waals surface area contributed by atoms with Crippen molar-refractivity contribution in [2.45, 2.75) is 71.7 Å². The summed E-state index contributed by atoms with van der Waals surface area (Å²) in [5, 5.41) is 22.6. The number of nitriles is 1. The van der Waals surface area contributed by atoms with Crippen molar-refractivity contribution in [3.05, 3.63) is 51.2 Å². The quantitative estimate of drug-likeness (QED) is 0.374. The lowest BCUT2D eigenvalue weighted by Crippen LogP contribution is -2.15. The second kappa shape index (κ2) is 11.3. The number of thiophene rings is 1. The van der Waals surface area contributed by atoms with E-state index in [1.807, 2.05) is 30.5 Å². The van der Waals surface area contributed by atoms with Gasteiger partial charge in [0.1, 0.15) is 23.4 Å². The molecule has 0 radical (unpaired) electrons. The van der Waals surface area contributed by atoms with Gasteiger partial charge < -0.3 is 14.6 Å². The lowest BCUT2D eigenvalue weighted by molar-refractivity contribution is -0.113. The fraction of sp³-hybridized carbons (Fsp3) is 0.462. The van der Waals surface area contributed by atoms with Gasteiger partial charge in [-0.2, -0.15) is 5.26 Å². The molecule has 2 aromatic heterocycles. The Hall–Kier alpha value is -2.83. The van der Waals surface area contributed by atoms with Crippen LogP contribution in [0.5, 0.6) is 5.75 Å². The lowest BCUT2D eigenvalue weighted by Gasteiger charge is -2.20. The summed E-state index contributed by atoms with van der Waals surface area (Å²) in [7, 11) is 0. The maximum Gasteiger partial charge on any atom is 0.235 e. The number of rotatable bonds is 9. The van der Waals surface area contributed by atoms with Gasteiger partial charge in [0.15, 0.2) is 11.0 Å². The number of nitrogens with zero attached hydrogens (tertiary/aromatic N) is 4. The smallest absolute Gasteiger partial charge is 0.235 e. The first kappa shape index (κ1) is 25.3. The second-order valence-corrected chi connectivity index (χ2v) is 10.9. The molecule has 1 atom stereocenters. The van der Waals surface area contributed by atoms with Crippen molar-refractivity contribution in [2.75, 3.05) is 11.1 Å². The molecule has 0 saturated heterocycles. The Morgan fingerprint density at radius 1 is 1.34 bits per heavy atom. The lowest BCUT2D eigenvalue weighted by atomic mass is 9.86. The van der Waals surface area contributed by atoms with Crippen molar-refractivity contribution in [1.29, 1.82) is 5.26 Å². The molecule has 1 aromatic carbocycles. The number of ether oxygens (including phenoxy) is 1. The fourth-order valence-corrected chi connectivity index (χ4v) is 6.61. The van der Waals surface area contributed by atoms with Gasteiger partial charge in [-0.3, -0.25) is 4.79 Å². The van der Waals surface area contributed by atoms with E-state index in [2.05, 4.69) is 41.5 Å². The normalized spacial score (nSPS) is 14.9. The zero-order valence-corrected chi connectivity index (χ0v) is 22.3. The summed E-state index contributed by atoms with van der Waals surface area (Å²) in [6.45, 7) is 9.30. The average molecular weight is 510 g/mol. The van der Waals surface area contributed by atoms with Crippen LogP contribution in [-0.2, 0) is 30.8 Å². The summed E-state index contributed by atoms with van der Waals surface area (Å²) in [6, 6.07) is 8.40. The molecule has 0 aliphatic heterocycles. The van der Waals surface area contributed by atoms with Crippen LogP contribution < -0.4 is 10.1 Å². The van der Waals surface area contributed by atoms with E-state index in [0.717, 1.165) is 48.4 Å². The van der Waals surface area contributed by atoms with Crippen LogP contribution in [-0.4, -0.2) is 26.4 Å². The third-order valence-corrected chi connectivity index (χ3v) is 8.58. The summed E-state index contributed by atoms with van der Waals surface area (Å²) in [6.07, 6.45) is 4.18. The number of anilines is 1. The molecule has 2 heterocycles. The molecule has 1 amide bonds. The van der Waals surface area contributed by atoms with Crippen LogP contribution in [0.3, 0.4) is 0 Å². The SMILES string of the molecule is CCC1CCc2c(sc(NC(=O)CSc3nnc(COc4ccc(C)cc4C)n3CC)c2C#N)C1. The Bertz CT molecular complexity index is 1260. The van der Waals surface area contributed by atoms with Crippen LogP contribution in [0.25, 0.3) is 0 Å². The first-order valence-electron chi connectivity index (χ1n) is 12.0. The third kappa shape index (κ3) is 5.71. The van der Waals surface area contributed by atoms with Crippen LogP contribution in [0.4, 0.5) is 5.00 Å². The van der Waals surface area contributed by atoms with Gasteiger partial charge in [0.25, 0.3) is 0 Å². The molecule has 184 valence electrons. The van der Waals surface area contributed by atoms with Gasteiger partial charge in [-0.15, -0.1) is 21.5 Å². The van der Waals surface area contributed by atoms with E-state index in [-0.39, 0.29) is 11.7 Å². The highest BCUT2D eigenvalue weighted by molar-refractivity contribution is 7.99. The first-order valence-corrected chi connectivity index (χ1v) is 13.8. The Morgan fingerprint density at radius 3 is 2.89 bits per heavy atom. The predicted octanol–water partition coefficient (Wildman–Crippen LogP) is 5.67. The summed E-state index contributed by atoms with van der Waals surface area (Å²) < 4.78 is 7.95. The minimum Gasteiger partial charge on any atom is -0.485 e. The van der Waals surface area contributed by atoms with E-state index in [9.17, 15) is 10.1 Å². The van der Waals surface area contributed by atoms with Crippen LogP contribution in [0.2, 0.25) is 0 Å². The third-order valence-electron chi connectivity index (χ3n) is 6.44. The summed E-state index contributed by atoms with van der Waals surface area (Å²) in [5.41, 5.74) is 4.04. The Morgan fingerprint density at radius 2 is 2.17 bits per heavy atom. The van der Waals surface area contributed by atoms with E-state index >= 15 is 0 Å². The fourth-order valence-electron chi connectivity index (χ4n) is 4.46. The zero-order chi connectivity index (χ0) is 24.9. The number of aromatic nitrogens is 3. The number of carbonyl (C=O) groups is 1. The van der Waals surface area contributed by atoms with Gasteiger partial charge in [0.05, 0.1) is 11.3 Å². The molecule has 35 heavy (non-hydrogen) atoms. The van der Waals surface area contributed by atoms with E-state index in [0.29, 0.717) is 34.8 Å². The number of carbonyl (C=O) groups excluding carboxylic acids is 1. The number of amides is 1. The van der Waals surface area contributed by atoms with Gasteiger partial charge in [0.2, 0.25) is 5.91 Å². The second-order valence-electron chi connectivity index (χ2n) is 8.87. The topological polar surface area (TPSA) is 92.8 Å². The molecule has 0 bridgehead atoms. The largest absolute Gasteiger partial charge is 0.485 e. The van der Waals surface area contributed by atoms with Crippen molar-refractivity contribution in [2.24, 2.45) is 5.92 Å². The minimum absolute atomic E-state index is 0.143. The molecule has 0 saturated carbocycles. The molecular weight excluding hydrogens is 478 g/mol. The average Bonchev–Trinajstić information content (AvgIpc) is 3.41. The molecule has 3 aromatic rings. The Kier molecular flexibility index (Phi) is 8.14. The number of fused-ring (bicyclic) bond motifs is 1. The first-order chi connectivity index (χ1) is 16.9. The predicted molar refractivity (Wildman–Crippen MR) is 140 cm³/mol. The summed E-state index contributed by atoms with van der Waals surface area (Å²) in [5.74, 6) is 2.27. The molecule has 1 aliphatic carbocycles. The number of thioether (sulfide) groups is 1.